The summed E-state index contributed by atoms with van der Waals surface area (Å²) >= 11 is 3.47. The van der Waals surface area contributed by atoms with Gasteiger partial charge in [0.15, 0.2) is 5.13 Å². The van der Waals surface area contributed by atoms with Gasteiger partial charge in [0, 0.05) is 21.6 Å². The van der Waals surface area contributed by atoms with E-state index in [0.29, 0.717) is 10.8 Å². The Kier molecular flexibility index (Phi) is 8.34. The minimum absolute atomic E-state index is 0.237. The number of hydrogen-bond donors (Lipinski definition) is 2. The first-order valence-electron chi connectivity index (χ1n) is 9.87. The molecule has 3 rings (SSSR count). The maximum atomic E-state index is 13.5. The fourth-order valence-electron chi connectivity index (χ4n) is 3.22. The largest absolute Gasteiger partial charge is 0.481 e. The molecule has 2 amide bonds. The topological polar surface area (TPSA) is 99.6 Å². The molecule has 0 unspecified atom stereocenters. The van der Waals surface area contributed by atoms with E-state index in [1.165, 1.54) is 23.3 Å². The highest BCUT2D eigenvalue weighted by Crippen LogP contribution is 2.31. The fraction of sp³-hybridized carbons (Fsp3) is 0.217. The quantitative estimate of drug-likeness (QED) is 0.386. The highest BCUT2D eigenvalue weighted by atomic mass is 127. The number of carbonyl (C=O) groups excluding carboxylic acids is 2. The van der Waals surface area contributed by atoms with E-state index in [4.69, 9.17) is 0 Å². The summed E-state index contributed by atoms with van der Waals surface area (Å²) in [6, 6.07) is 17.0. The summed E-state index contributed by atoms with van der Waals surface area (Å²) < 4.78 is 1.01. The lowest BCUT2D eigenvalue weighted by atomic mass is 9.95. The molecule has 32 heavy (non-hydrogen) atoms. The van der Waals surface area contributed by atoms with Gasteiger partial charge in [-0.2, -0.15) is 0 Å². The number of carboxylic acid groups (broad SMARTS) is 1. The molecule has 0 aliphatic rings. The highest BCUT2D eigenvalue weighted by Gasteiger charge is 2.31. The third-order valence-electron chi connectivity index (χ3n) is 4.81. The van der Waals surface area contributed by atoms with Crippen LogP contribution in [0.15, 0.2) is 60.0 Å². The maximum absolute atomic E-state index is 13.5. The van der Waals surface area contributed by atoms with Crippen LogP contribution in [0.25, 0.3) is 11.3 Å². The van der Waals surface area contributed by atoms with Crippen LogP contribution >= 0.6 is 33.9 Å². The average Bonchev–Trinajstić information content (AvgIpc) is 3.26. The number of thiazole rings is 1. The number of carboxylic acids is 1. The molecule has 0 saturated heterocycles. The molecular formula is C23H22IN3O4S. The van der Waals surface area contributed by atoms with Crippen molar-refractivity contribution in [1.82, 2.24) is 10.3 Å². The number of hydrogen-bond acceptors (Lipinski definition) is 5. The molecule has 0 aliphatic heterocycles. The Labute approximate surface area is 203 Å². The van der Waals surface area contributed by atoms with Crippen molar-refractivity contribution in [3.05, 3.63) is 69.1 Å². The van der Waals surface area contributed by atoms with Crippen molar-refractivity contribution in [3.8, 4) is 11.3 Å². The van der Waals surface area contributed by atoms with Crippen LogP contribution in [0, 0.1) is 9.49 Å². The zero-order chi connectivity index (χ0) is 23.1. The third-order valence-corrected chi connectivity index (χ3v) is 6.62. The standard InChI is InChI=1S/C23H22IN3O4S/c1-25-20(28)13-27(23-26-19(14-32-23)17-9-5-6-10-18(17)24)22(31)16(12-21(29)30)11-15-7-3-2-4-8-15/h2-10,14,16H,11-13H2,1H3,(H,25,28)(H,29,30)/t16-/m1/s1. The number of benzene rings is 2. The molecule has 0 saturated carbocycles. The van der Waals surface area contributed by atoms with Gasteiger partial charge in [-0.3, -0.25) is 19.3 Å². The Bertz CT molecular complexity index is 1100. The summed E-state index contributed by atoms with van der Waals surface area (Å²) in [5, 5.41) is 14.1. The zero-order valence-corrected chi connectivity index (χ0v) is 20.3. The van der Waals surface area contributed by atoms with Crippen molar-refractivity contribution < 1.29 is 19.5 Å². The number of nitrogens with one attached hydrogen (secondary N) is 1. The summed E-state index contributed by atoms with van der Waals surface area (Å²) in [7, 11) is 1.49. The number of aliphatic carboxylic acids is 1. The SMILES string of the molecule is CNC(=O)CN(C(=O)[C@@H](CC(=O)O)Cc1ccccc1)c1nc(-c2ccccc2I)cs1. The number of halogens is 1. The third kappa shape index (κ3) is 6.13. The van der Waals surface area contributed by atoms with E-state index in [9.17, 15) is 19.5 Å². The Morgan fingerprint density at radius 1 is 1.12 bits per heavy atom. The van der Waals surface area contributed by atoms with Crippen LogP contribution in [0.4, 0.5) is 5.13 Å². The van der Waals surface area contributed by atoms with Crippen LogP contribution < -0.4 is 10.2 Å². The summed E-state index contributed by atoms with van der Waals surface area (Å²) in [4.78, 5) is 43.1. The van der Waals surface area contributed by atoms with Crippen molar-refractivity contribution in [1.29, 1.82) is 0 Å². The van der Waals surface area contributed by atoms with Crippen LogP contribution in [-0.4, -0.2) is 41.5 Å². The van der Waals surface area contributed by atoms with E-state index < -0.39 is 17.8 Å². The average molecular weight is 563 g/mol. The molecule has 2 aromatic carbocycles. The highest BCUT2D eigenvalue weighted by molar-refractivity contribution is 14.1. The predicted molar refractivity (Wildman–Crippen MR) is 133 cm³/mol. The first kappa shape index (κ1) is 23.9. The monoisotopic (exact) mass is 563 g/mol. The molecular weight excluding hydrogens is 541 g/mol. The number of carbonyl (C=O) groups is 3. The van der Waals surface area contributed by atoms with Crippen LogP contribution in [0.2, 0.25) is 0 Å². The van der Waals surface area contributed by atoms with E-state index in [0.717, 1.165) is 14.7 Å². The van der Waals surface area contributed by atoms with Crippen LogP contribution in [0.1, 0.15) is 12.0 Å². The van der Waals surface area contributed by atoms with Crippen molar-refractivity contribution in [2.75, 3.05) is 18.5 Å². The van der Waals surface area contributed by atoms with E-state index in [1.54, 1.807) is 0 Å². The minimum Gasteiger partial charge on any atom is -0.481 e. The lowest BCUT2D eigenvalue weighted by Gasteiger charge is -2.24. The van der Waals surface area contributed by atoms with Crippen LogP contribution in [0.5, 0.6) is 0 Å². The normalized spacial score (nSPS) is 11.6. The molecule has 0 radical (unpaired) electrons. The molecule has 0 bridgehead atoms. The molecule has 166 valence electrons. The summed E-state index contributed by atoms with van der Waals surface area (Å²) in [6.45, 7) is -0.237. The number of nitrogens with zero attached hydrogens (tertiary/aromatic N) is 2. The Morgan fingerprint density at radius 3 is 2.47 bits per heavy atom. The van der Waals surface area contributed by atoms with Crippen LogP contribution in [0.3, 0.4) is 0 Å². The van der Waals surface area contributed by atoms with Gasteiger partial charge in [-0.1, -0.05) is 48.5 Å². The molecule has 7 nitrogen and oxygen atoms in total. The lowest BCUT2D eigenvalue weighted by molar-refractivity contribution is -0.140. The van der Waals surface area contributed by atoms with Gasteiger partial charge in [0.25, 0.3) is 0 Å². The Balaban J connectivity index is 1.94. The van der Waals surface area contributed by atoms with Gasteiger partial charge >= 0.3 is 5.97 Å². The first-order valence-corrected chi connectivity index (χ1v) is 11.8. The van der Waals surface area contributed by atoms with Crippen molar-refractivity contribution in [3.63, 3.8) is 0 Å². The second-order valence-corrected chi connectivity index (χ2v) is 9.08. The molecule has 9 heteroatoms. The molecule has 0 spiro atoms. The number of amides is 2. The van der Waals surface area contributed by atoms with Gasteiger partial charge in [0.2, 0.25) is 11.8 Å². The molecule has 2 N–H and O–H groups in total. The zero-order valence-electron chi connectivity index (χ0n) is 17.3. The minimum atomic E-state index is -1.07. The van der Waals surface area contributed by atoms with E-state index in [2.05, 4.69) is 32.9 Å². The first-order chi connectivity index (χ1) is 15.4. The van der Waals surface area contributed by atoms with Crippen molar-refractivity contribution in [2.24, 2.45) is 5.92 Å². The molecule has 1 heterocycles. The molecule has 1 atom stereocenters. The van der Waals surface area contributed by atoms with Gasteiger partial charge < -0.3 is 10.4 Å². The molecule has 0 aliphatic carbocycles. The number of likely N-dealkylation sites (N-methyl/N-ethyl adjacent to an activating group) is 1. The summed E-state index contributed by atoms with van der Waals surface area (Å²) in [6.07, 6.45) is -0.0855. The summed E-state index contributed by atoms with van der Waals surface area (Å²) in [5.41, 5.74) is 2.47. The van der Waals surface area contributed by atoms with E-state index in [-0.39, 0.29) is 25.3 Å². The fourth-order valence-corrected chi connectivity index (χ4v) is 4.71. The Hall–Kier alpha value is -2.79. The second kappa shape index (κ2) is 11.2. The Morgan fingerprint density at radius 2 is 1.81 bits per heavy atom. The van der Waals surface area contributed by atoms with Gasteiger partial charge in [-0.05, 0) is 40.6 Å². The van der Waals surface area contributed by atoms with Crippen molar-refractivity contribution >= 4 is 56.8 Å². The lowest BCUT2D eigenvalue weighted by Crippen LogP contribution is -2.43. The van der Waals surface area contributed by atoms with Gasteiger partial charge in [-0.15, -0.1) is 11.3 Å². The number of anilines is 1. The maximum Gasteiger partial charge on any atom is 0.304 e. The molecule has 1 aromatic heterocycles. The van der Waals surface area contributed by atoms with Gasteiger partial charge in [-0.25, -0.2) is 4.98 Å². The second-order valence-electron chi connectivity index (χ2n) is 7.08. The number of aromatic nitrogens is 1. The molecule has 0 fully saturated rings. The van der Waals surface area contributed by atoms with E-state index in [1.807, 2.05) is 60.0 Å². The van der Waals surface area contributed by atoms with Gasteiger partial charge in [0.05, 0.1) is 18.0 Å². The van der Waals surface area contributed by atoms with Crippen molar-refractivity contribution in [2.45, 2.75) is 12.8 Å². The van der Waals surface area contributed by atoms with Crippen LogP contribution in [-0.2, 0) is 20.8 Å². The smallest absolute Gasteiger partial charge is 0.304 e. The molecule has 3 aromatic rings. The predicted octanol–water partition coefficient (Wildman–Crippen LogP) is 3.83. The number of rotatable bonds is 9. The summed E-state index contributed by atoms with van der Waals surface area (Å²) in [5.74, 6) is -2.71. The van der Waals surface area contributed by atoms with E-state index >= 15 is 0 Å². The van der Waals surface area contributed by atoms with Gasteiger partial charge in [0.1, 0.15) is 6.54 Å².